The molecule has 0 fully saturated rings. The molecule has 1 aliphatic rings. The van der Waals surface area contributed by atoms with Crippen molar-refractivity contribution in [2.24, 2.45) is 0 Å². The zero-order valence-corrected chi connectivity index (χ0v) is 33.2. The van der Waals surface area contributed by atoms with Gasteiger partial charge in [0, 0.05) is 39.1 Å². The summed E-state index contributed by atoms with van der Waals surface area (Å²) in [4.78, 5) is 2.41. The van der Waals surface area contributed by atoms with E-state index in [0.29, 0.717) is 0 Å². The Morgan fingerprint density at radius 2 is 0.949 bits per heavy atom. The SMILES string of the molecule is CC1(C)c2ccccc2-c2ccc(N(c3ccc(-c4ccccc4)cc3)c3ccc(-c4c(-c5ccc6ccccc6c5)n(-c5ccccc5)c5ccccc45)cc3)cc21. The van der Waals surface area contributed by atoms with E-state index >= 15 is 0 Å². The summed E-state index contributed by atoms with van der Waals surface area (Å²) in [6.45, 7) is 4.71. The van der Waals surface area contributed by atoms with Gasteiger partial charge >= 0.3 is 0 Å². The molecule has 0 atom stereocenters. The third kappa shape index (κ3) is 5.79. The van der Waals surface area contributed by atoms with E-state index in [-0.39, 0.29) is 5.41 Å². The van der Waals surface area contributed by atoms with E-state index in [0.717, 1.165) is 22.7 Å². The molecule has 0 unspecified atom stereocenters. The highest BCUT2D eigenvalue weighted by Gasteiger charge is 2.35. The molecule has 1 aliphatic carbocycles. The monoisotopic (exact) mass is 754 g/mol. The van der Waals surface area contributed by atoms with Gasteiger partial charge in [0.15, 0.2) is 0 Å². The molecule has 0 amide bonds. The van der Waals surface area contributed by atoms with E-state index in [1.165, 1.54) is 77.4 Å². The van der Waals surface area contributed by atoms with Crippen LogP contribution in [-0.4, -0.2) is 4.57 Å². The standard InChI is InChI=1S/C57H42N2/c1-57(2)52-23-13-11-21-49(52)50-36-35-48(38-53(50)57)58(46-31-27-41(28-32-46)39-15-5-3-6-16-39)47-33-29-42(30-34-47)55-51-22-12-14-24-54(51)59(45-19-7-4-8-20-45)56(55)44-26-25-40-17-9-10-18-43(40)37-44/h3-38H,1-2H3. The Labute approximate surface area is 345 Å². The average molecular weight is 755 g/mol. The Hall–Kier alpha value is -7.42. The zero-order chi connectivity index (χ0) is 39.5. The van der Waals surface area contributed by atoms with Gasteiger partial charge in [0.2, 0.25) is 0 Å². The van der Waals surface area contributed by atoms with Crippen LogP contribution in [0.25, 0.3) is 72.0 Å². The van der Waals surface area contributed by atoms with Crippen LogP contribution in [-0.2, 0) is 5.41 Å². The first kappa shape index (κ1) is 34.8. The highest BCUT2D eigenvalue weighted by atomic mass is 15.1. The summed E-state index contributed by atoms with van der Waals surface area (Å²) < 4.78 is 2.44. The molecule has 1 aromatic heterocycles. The molecule has 10 aromatic rings. The van der Waals surface area contributed by atoms with Crippen LogP contribution in [0, 0.1) is 0 Å². The third-order valence-corrected chi connectivity index (χ3v) is 12.4. The van der Waals surface area contributed by atoms with E-state index in [9.17, 15) is 0 Å². The summed E-state index contributed by atoms with van der Waals surface area (Å²) in [6.07, 6.45) is 0. The lowest BCUT2D eigenvalue weighted by Crippen LogP contribution is -2.16. The van der Waals surface area contributed by atoms with Gasteiger partial charge in [-0.15, -0.1) is 0 Å². The van der Waals surface area contributed by atoms with Crippen molar-refractivity contribution in [1.82, 2.24) is 4.57 Å². The van der Waals surface area contributed by atoms with Crippen molar-refractivity contribution in [2.45, 2.75) is 19.3 Å². The molecule has 1 heterocycles. The van der Waals surface area contributed by atoms with Crippen LogP contribution in [0.2, 0.25) is 0 Å². The minimum absolute atomic E-state index is 0.110. The molecule has 0 radical (unpaired) electrons. The molecule has 59 heavy (non-hydrogen) atoms. The Kier molecular flexibility index (Phi) is 8.20. The summed E-state index contributed by atoms with van der Waals surface area (Å²) in [5.41, 5.74) is 18.1. The number of benzene rings is 9. The van der Waals surface area contributed by atoms with Gasteiger partial charge in [-0.1, -0.05) is 172 Å². The Morgan fingerprint density at radius 3 is 1.71 bits per heavy atom. The van der Waals surface area contributed by atoms with Crippen LogP contribution in [0.3, 0.4) is 0 Å². The lowest BCUT2D eigenvalue weighted by atomic mass is 9.82. The van der Waals surface area contributed by atoms with Gasteiger partial charge in [0.1, 0.15) is 0 Å². The quantitative estimate of drug-likeness (QED) is 0.157. The Morgan fingerprint density at radius 1 is 0.390 bits per heavy atom. The second-order valence-corrected chi connectivity index (χ2v) is 16.2. The highest BCUT2D eigenvalue weighted by molar-refractivity contribution is 6.07. The van der Waals surface area contributed by atoms with Crippen molar-refractivity contribution in [3.8, 4) is 50.3 Å². The summed E-state index contributed by atoms with van der Waals surface area (Å²) in [5, 5.41) is 3.69. The summed E-state index contributed by atoms with van der Waals surface area (Å²) in [6, 6.07) is 79.9. The summed E-state index contributed by atoms with van der Waals surface area (Å²) in [7, 11) is 0. The maximum atomic E-state index is 2.44. The predicted molar refractivity (Wildman–Crippen MR) is 249 cm³/mol. The molecule has 2 heteroatoms. The number of fused-ring (bicyclic) bond motifs is 5. The molecular formula is C57H42N2. The zero-order valence-electron chi connectivity index (χ0n) is 33.2. The first-order valence-electron chi connectivity index (χ1n) is 20.5. The topological polar surface area (TPSA) is 8.17 Å². The van der Waals surface area contributed by atoms with Gasteiger partial charge in [-0.05, 0) is 116 Å². The van der Waals surface area contributed by atoms with Crippen molar-refractivity contribution in [1.29, 1.82) is 0 Å². The molecule has 0 aliphatic heterocycles. The number of anilines is 3. The summed E-state index contributed by atoms with van der Waals surface area (Å²) >= 11 is 0. The van der Waals surface area contributed by atoms with E-state index in [4.69, 9.17) is 0 Å². The van der Waals surface area contributed by atoms with Crippen molar-refractivity contribution in [2.75, 3.05) is 4.90 Å². The van der Waals surface area contributed by atoms with Crippen molar-refractivity contribution < 1.29 is 0 Å². The van der Waals surface area contributed by atoms with Crippen LogP contribution in [0.4, 0.5) is 17.1 Å². The summed E-state index contributed by atoms with van der Waals surface area (Å²) in [5.74, 6) is 0. The molecule has 0 bridgehead atoms. The maximum Gasteiger partial charge on any atom is 0.0619 e. The number of para-hydroxylation sites is 2. The van der Waals surface area contributed by atoms with Crippen LogP contribution < -0.4 is 4.90 Å². The fraction of sp³-hybridized carbons (Fsp3) is 0.0526. The van der Waals surface area contributed by atoms with E-state index < -0.39 is 0 Å². The predicted octanol–water partition coefficient (Wildman–Crippen LogP) is 15.6. The Balaban J connectivity index is 1.09. The number of hydrogen-bond donors (Lipinski definition) is 0. The lowest BCUT2D eigenvalue weighted by molar-refractivity contribution is 0.660. The van der Waals surface area contributed by atoms with Crippen LogP contribution in [0.5, 0.6) is 0 Å². The lowest BCUT2D eigenvalue weighted by Gasteiger charge is -2.28. The van der Waals surface area contributed by atoms with Crippen molar-refractivity contribution in [3.05, 3.63) is 230 Å². The first-order chi connectivity index (χ1) is 29.0. The molecule has 0 spiro atoms. The minimum Gasteiger partial charge on any atom is -0.310 e. The van der Waals surface area contributed by atoms with E-state index in [1.807, 2.05) is 0 Å². The van der Waals surface area contributed by atoms with E-state index in [2.05, 4.69) is 242 Å². The van der Waals surface area contributed by atoms with Crippen LogP contribution >= 0.6 is 0 Å². The number of hydrogen-bond acceptors (Lipinski definition) is 1. The molecule has 280 valence electrons. The second-order valence-electron chi connectivity index (χ2n) is 16.2. The van der Waals surface area contributed by atoms with Crippen LogP contribution in [0.1, 0.15) is 25.0 Å². The van der Waals surface area contributed by atoms with Gasteiger partial charge in [-0.3, -0.25) is 0 Å². The van der Waals surface area contributed by atoms with E-state index in [1.54, 1.807) is 0 Å². The fourth-order valence-corrected chi connectivity index (χ4v) is 9.48. The van der Waals surface area contributed by atoms with Gasteiger partial charge in [0.05, 0.1) is 11.2 Å². The third-order valence-electron chi connectivity index (χ3n) is 12.4. The highest BCUT2D eigenvalue weighted by Crippen LogP contribution is 2.51. The molecule has 11 rings (SSSR count). The van der Waals surface area contributed by atoms with Crippen molar-refractivity contribution >= 4 is 38.7 Å². The molecule has 0 saturated carbocycles. The molecule has 9 aromatic carbocycles. The van der Waals surface area contributed by atoms with Gasteiger partial charge in [-0.25, -0.2) is 0 Å². The van der Waals surface area contributed by atoms with Gasteiger partial charge < -0.3 is 9.47 Å². The number of nitrogens with zero attached hydrogens (tertiary/aromatic N) is 2. The van der Waals surface area contributed by atoms with Crippen LogP contribution in [0.15, 0.2) is 218 Å². The smallest absolute Gasteiger partial charge is 0.0619 e. The van der Waals surface area contributed by atoms with Crippen molar-refractivity contribution in [3.63, 3.8) is 0 Å². The minimum atomic E-state index is -0.110. The molecule has 0 N–H and O–H groups in total. The maximum absolute atomic E-state index is 2.44. The second kappa shape index (κ2) is 13.9. The number of rotatable bonds is 7. The fourth-order valence-electron chi connectivity index (χ4n) is 9.48. The Bertz CT molecular complexity index is 3150. The average Bonchev–Trinajstić information content (AvgIpc) is 3.76. The van der Waals surface area contributed by atoms with Gasteiger partial charge in [-0.2, -0.15) is 0 Å². The molecule has 0 saturated heterocycles. The largest absolute Gasteiger partial charge is 0.310 e. The van der Waals surface area contributed by atoms with Gasteiger partial charge in [0.25, 0.3) is 0 Å². The molecular weight excluding hydrogens is 713 g/mol. The normalized spacial score (nSPS) is 12.7. The first-order valence-corrected chi connectivity index (χ1v) is 20.5. The number of aromatic nitrogens is 1. The molecule has 2 nitrogen and oxygen atoms in total.